The molecule has 0 aliphatic carbocycles. The summed E-state index contributed by atoms with van der Waals surface area (Å²) in [5.74, 6) is -1.32. The molecule has 0 saturated heterocycles. The highest BCUT2D eigenvalue weighted by molar-refractivity contribution is 9.10. The maximum absolute atomic E-state index is 13.2. The van der Waals surface area contributed by atoms with E-state index in [1.807, 2.05) is 6.92 Å². The molecule has 0 spiro atoms. The summed E-state index contributed by atoms with van der Waals surface area (Å²) in [5, 5.41) is 12.3. The van der Waals surface area contributed by atoms with Crippen LogP contribution in [-0.4, -0.2) is 11.1 Å². The van der Waals surface area contributed by atoms with Gasteiger partial charge in [-0.15, -0.1) is 0 Å². The van der Waals surface area contributed by atoms with Crippen molar-refractivity contribution in [2.45, 2.75) is 13.0 Å². The summed E-state index contributed by atoms with van der Waals surface area (Å²) < 4.78 is 14.0. The largest absolute Gasteiger partial charge is 0.478 e. The number of carboxylic acids is 1. The fraction of sp³-hybridized carbons (Fsp3) is 0.133. The highest BCUT2D eigenvalue weighted by Gasteiger charge is 2.13. The number of carbonyl (C=O) groups is 1. The minimum Gasteiger partial charge on any atom is -0.478 e. The first-order valence-corrected chi connectivity index (χ1v) is 6.81. The second kappa shape index (κ2) is 6.05. The predicted molar refractivity (Wildman–Crippen MR) is 79.5 cm³/mol. The van der Waals surface area contributed by atoms with E-state index in [2.05, 4.69) is 21.2 Å². The lowest BCUT2D eigenvalue weighted by Gasteiger charge is -2.17. The van der Waals surface area contributed by atoms with Gasteiger partial charge in [0.1, 0.15) is 5.82 Å². The zero-order chi connectivity index (χ0) is 14.7. The first kappa shape index (κ1) is 14.5. The zero-order valence-electron chi connectivity index (χ0n) is 10.7. The molecule has 2 rings (SSSR count). The Hall–Kier alpha value is -1.88. The van der Waals surface area contributed by atoms with Crippen LogP contribution in [0.5, 0.6) is 0 Å². The highest BCUT2D eigenvalue weighted by Crippen LogP contribution is 2.26. The summed E-state index contributed by atoms with van der Waals surface area (Å²) in [4.78, 5) is 11.2. The average Bonchev–Trinajstić information content (AvgIpc) is 2.38. The molecule has 0 radical (unpaired) electrons. The summed E-state index contributed by atoms with van der Waals surface area (Å²) >= 11 is 3.31. The minimum absolute atomic E-state index is 0.177. The Labute approximate surface area is 124 Å². The van der Waals surface area contributed by atoms with Crippen molar-refractivity contribution in [1.82, 2.24) is 0 Å². The molecule has 0 saturated carbocycles. The standard InChI is InChI=1S/C15H13BrFNO2/c1-9(10-3-2-4-12(17)7-10)18-14-8-11(16)5-6-13(14)15(19)20/h2-9,18H,1H3,(H,19,20). The van der Waals surface area contributed by atoms with Crippen LogP contribution in [-0.2, 0) is 0 Å². The van der Waals surface area contributed by atoms with Crippen molar-refractivity contribution < 1.29 is 14.3 Å². The van der Waals surface area contributed by atoms with Crippen molar-refractivity contribution in [2.75, 3.05) is 5.32 Å². The molecule has 5 heteroatoms. The second-order valence-electron chi connectivity index (χ2n) is 4.42. The third-order valence-electron chi connectivity index (χ3n) is 2.93. The second-order valence-corrected chi connectivity index (χ2v) is 5.33. The first-order valence-electron chi connectivity index (χ1n) is 6.02. The molecule has 0 bridgehead atoms. The van der Waals surface area contributed by atoms with Gasteiger partial charge in [0.25, 0.3) is 0 Å². The molecule has 0 fully saturated rings. The molecule has 0 aromatic heterocycles. The van der Waals surface area contributed by atoms with Gasteiger partial charge in [-0.1, -0.05) is 28.1 Å². The fourth-order valence-electron chi connectivity index (χ4n) is 1.91. The van der Waals surface area contributed by atoms with Gasteiger partial charge in [-0.3, -0.25) is 0 Å². The number of hydrogen-bond donors (Lipinski definition) is 2. The number of carboxylic acid groups (broad SMARTS) is 1. The molecule has 0 aliphatic heterocycles. The van der Waals surface area contributed by atoms with Crippen LogP contribution in [0.25, 0.3) is 0 Å². The summed E-state index contributed by atoms with van der Waals surface area (Å²) in [6.07, 6.45) is 0. The maximum atomic E-state index is 13.2. The summed E-state index contributed by atoms with van der Waals surface area (Å²) in [6.45, 7) is 1.85. The Morgan fingerprint density at radius 1 is 1.30 bits per heavy atom. The van der Waals surface area contributed by atoms with Crippen molar-refractivity contribution in [3.8, 4) is 0 Å². The monoisotopic (exact) mass is 337 g/mol. The van der Waals surface area contributed by atoms with Gasteiger partial charge in [-0.25, -0.2) is 9.18 Å². The van der Waals surface area contributed by atoms with Crippen LogP contribution in [0.3, 0.4) is 0 Å². The van der Waals surface area contributed by atoms with Gasteiger partial charge in [-0.05, 0) is 42.8 Å². The Balaban J connectivity index is 2.29. The molecule has 3 nitrogen and oxygen atoms in total. The SMILES string of the molecule is CC(Nc1cc(Br)ccc1C(=O)O)c1cccc(F)c1. The molecule has 2 N–H and O–H groups in total. The minimum atomic E-state index is -1.01. The molecule has 0 amide bonds. The smallest absolute Gasteiger partial charge is 0.337 e. The molecule has 2 aromatic carbocycles. The van der Waals surface area contributed by atoms with Crippen molar-refractivity contribution >= 4 is 27.6 Å². The molecule has 2 aromatic rings. The van der Waals surface area contributed by atoms with E-state index in [1.54, 1.807) is 24.3 Å². The molecule has 1 atom stereocenters. The van der Waals surface area contributed by atoms with Gasteiger partial charge in [-0.2, -0.15) is 0 Å². The van der Waals surface area contributed by atoms with E-state index in [0.717, 1.165) is 10.0 Å². The van der Waals surface area contributed by atoms with Crippen LogP contribution in [0.4, 0.5) is 10.1 Å². The summed E-state index contributed by atoms with van der Waals surface area (Å²) in [6, 6.07) is 10.9. The Morgan fingerprint density at radius 3 is 2.70 bits per heavy atom. The average molecular weight is 338 g/mol. The quantitative estimate of drug-likeness (QED) is 0.865. The Kier molecular flexibility index (Phi) is 4.39. The number of rotatable bonds is 4. The van der Waals surface area contributed by atoms with Crippen LogP contribution in [0.2, 0.25) is 0 Å². The number of anilines is 1. The van der Waals surface area contributed by atoms with E-state index >= 15 is 0 Å². The lowest BCUT2D eigenvalue weighted by molar-refractivity contribution is 0.0698. The maximum Gasteiger partial charge on any atom is 0.337 e. The number of aromatic carboxylic acids is 1. The van der Waals surface area contributed by atoms with Crippen LogP contribution in [0.15, 0.2) is 46.9 Å². The molecule has 1 unspecified atom stereocenters. The van der Waals surface area contributed by atoms with Gasteiger partial charge >= 0.3 is 5.97 Å². The summed E-state index contributed by atoms with van der Waals surface area (Å²) in [5.41, 5.74) is 1.42. The van der Waals surface area contributed by atoms with Crippen molar-refractivity contribution in [3.05, 3.63) is 63.9 Å². The van der Waals surface area contributed by atoms with E-state index in [4.69, 9.17) is 5.11 Å². The number of benzene rings is 2. The van der Waals surface area contributed by atoms with E-state index in [9.17, 15) is 9.18 Å². The van der Waals surface area contributed by atoms with Gasteiger partial charge < -0.3 is 10.4 Å². The fourth-order valence-corrected chi connectivity index (χ4v) is 2.28. The lowest BCUT2D eigenvalue weighted by atomic mass is 10.1. The van der Waals surface area contributed by atoms with E-state index in [0.29, 0.717) is 5.69 Å². The van der Waals surface area contributed by atoms with Crippen LogP contribution in [0.1, 0.15) is 28.9 Å². The Bertz CT molecular complexity index is 646. The van der Waals surface area contributed by atoms with Gasteiger partial charge in [0.2, 0.25) is 0 Å². The van der Waals surface area contributed by atoms with Gasteiger partial charge in [0.15, 0.2) is 0 Å². The van der Waals surface area contributed by atoms with Crippen LogP contribution < -0.4 is 5.32 Å². The molecular formula is C15H13BrFNO2. The number of nitrogens with one attached hydrogen (secondary N) is 1. The number of hydrogen-bond acceptors (Lipinski definition) is 2. The molecule has 0 heterocycles. The highest BCUT2D eigenvalue weighted by atomic mass is 79.9. The molecule has 20 heavy (non-hydrogen) atoms. The van der Waals surface area contributed by atoms with E-state index in [1.165, 1.54) is 18.2 Å². The Morgan fingerprint density at radius 2 is 2.05 bits per heavy atom. The third kappa shape index (κ3) is 3.36. The van der Waals surface area contributed by atoms with Crippen LogP contribution >= 0.6 is 15.9 Å². The van der Waals surface area contributed by atoms with Crippen molar-refractivity contribution in [2.24, 2.45) is 0 Å². The van der Waals surface area contributed by atoms with Crippen molar-refractivity contribution in [3.63, 3.8) is 0 Å². The van der Waals surface area contributed by atoms with Crippen LogP contribution in [0, 0.1) is 5.82 Å². The van der Waals surface area contributed by atoms with Gasteiger partial charge in [0.05, 0.1) is 11.3 Å². The van der Waals surface area contributed by atoms with E-state index in [-0.39, 0.29) is 17.4 Å². The normalized spacial score (nSPS) is 11.9. The summed E-state index contributed by atoms with van der Waals surface area (Å²) in [7, 11) is 0. The zero-order valence-corrected chi connectivity index (χ0v) is 12.3. The molecule has 0 aliphatic rings. The molecule has 104 valence electrons. The molecular weight excluding hydrogens is 325 g/mol. The van der Waals surface area contributed by atoms with E-state index < -0.39 is 5.97 Å². The topological polar surface area (TPSA) is 49.3 Å². The third-order valence-corrected chi connectivity index (χ3v) is 3.43. The van der Waals surface area contributed by atoms with Gasteiger partial charge in [0, 0.05) is 10.5 Å². The number of halogens is 2. The predicted octanol–water partition coefficient (Wildman–Crippen LogP) is 4.46. The lowest BCUT2D eigenvalue weighted by Crippen LogP contribution is -2.11. The van der Waals surface area contributed by atoms with Crippen molar-refractivity contribution in [1.29, 1.82) is 0 Å². The first-order chi connectivity index (χ1) is 9.47.